The first-order valence-corrected chi connectivity index (χ1v) is 8.60. The van der Waals surface area contributed by atoms with Crippen LogP contribution < -0.4 is 5.73 Å². The fourth-order valence-electron chi connectivity index (χ4n) is 1.98. The van der Waals surface area contributed by atoms with Gasteiger partial charge in [-0.2, -0.15) is 0 Å². The highest BCUT2D eigenvalue weighted by Crippen LogP contribution is 2.40. The summed E-state index contributed by atoms with van der Waals surface area (Å²) in [5.74, 6) is 0.902. The maximum Gasteiger partial charge on any atom is 0.316 e. The molecular formula is C14H22N4O3S. The van der Waals surface area contributed by atoms with Crippen molar-refractivity contribution in [2.45, 2.75) is 56.6 Å². The molecule has 0 radical (unpaired) electrons. The summed E-state index contributed by atoms with van der Waals surface area (Å²) in [5, 5.41) is 8.99. The van der Waals surface area contributed by atoms with Gasteiger partial charge in [-0.25, -0.2) is 0 Å². The number of aromatic nitrogens is 3. The Kier molecular flexibility index (Phi) is 6.23. The lowest BCUT2D eigenvalue weighted by atomic mass is 10.3. The number of hydrogen-bond acceptors (Lipinski definition) is 6. The third-order valence-corrected chi connectivity index (χ3v) is 4.29. The molecule has 22 heavy (non-hydrogen) atoms. The normalized spacial score (nSPS) is 14.0. The second-order valence-electron chi connectivity index (χ2n) is 5.35. The van der Waals surface area contributed by atoms with Crippen LogP contribution in [0, 0.1) is 0 Å². The number of carbonyl (C=O) groups is 2. The summed E-state index contributed by atoms with van der Waals surface area (Å²) in [6, 6.07) is 0. The number of thioether (sulfide) groups is 1. The van der Waals surface area contributed by atoms with Gasteiger partial charge in [0.1, 0.15) is 5.82 Å². The number of primary amides is 1. The van der Waals surface area contributed by atoms with Crippen LogP contribution in [0.1, 0.15) is 50.8 Å². The molecule has 1 amide bonds. The minimum Gasteiger partial charge on any atom is -0.465 e. The molecule has 1 aromatic rings. The fourth-order valence-corrected chi connectivity index (χ4v) is 2.75. The van der Waals surface area contributed by atoms with E-state index in [9.17, 15) is 9.59 Å². The zero-order valence-corrected chi connectivity index (χ0v) is 13.6. The van der Waals surface area contributed by atoms with Gasteiger partial charge in [0.25, 0.3) is 0 Å². The van der Waals surface area contributed by atoms with Crippen molar-refractivity contribution in [3.63, 3.8) is 0 Å². The molecule has 2 rings (SSSR count). The van der Waals surface area contributed by atoms with Crippen LogP contribution in [0.3, 0.4) is 0 Å². The van der Waals surface area contributed by atoms with Gasteiger partial charge in [0.15, 0.2) is 5.16 Å². The number of esters is 1. The summed E-state index contributed by atoms with van der Waals surface area (Å²) in [7, 11) is 0. The summed E-state index contributed by atoms with van der Waals surface area (Å²) < 4.78 is 7.03. The van der Waals surface area contributed by atoms with Gasteiger partial charge in [0.05, 0.1) is 12.4 Å². The van der Waals surface area contributed by atoms with E-state index in [0.29, 0.717) is 24.2 Å². The molecule has 0 bridgehead atoms. The summed E-state index contributed by atoms with van der Waals surface area (Å²) in [6.45, 7) is 2.96. The Labute approximate surface area is 134 Å². The first kappa shape index (κ1) is 16.8. The first-order valence-electron chi connectivity index (χ1n) is 7.61. The van der Waals surface area contributed by atoms with Crippen molar-refractivity contribution >= 4 is 23.6 Å². The standard InChI is InChI=1S/C14H22N4O3S/c1-2-3-8-21-12(20)9-22-14-17-16-13(10-4-5-10)18(14)7-6-11(15)19/h10H,2-9H2,1H3,(H2,15,19). The maximum atomic E-state index is 11.6. The number of rotatable bonds is 10. The van der Waals surface area contributed by atoms with Crippen LogP contribution in [0.25, 0.3) is 0 Å². The van der Waals surface area contributed by atoms with E-state index < -0.39 is 0 Å². The van der Waals surface area contributed by atoms with Crippen LogP contribution in [0.15, 0.2) is 5.16 Å². The van der Waals surface area contributed by atoms with Gasteiger partial charge in [0, 0.05) is 18.9 Å². The fraction of sp³-hybridized carbons (Fsp3) is 0.714. The lowest BCUT2D eigenvalue weighted by molar-refractivity contribution is -0.140. The number of ether oxygens (including phenoxy) is 1. The molecular weight excluding hydrogens is 304 g/mol. The van der Waals surface area contributed by atoms with E-state index in [-0.39, 0.29) is 24.1 Å². The van der Waals surface area contributed by atoms with E-state index in [1.54, 1.807) is 0 Å². The van der Waals surface area contributed by atoms with E-state index in [0.717, 1.165) is 31.5 Å². The van der Waals surface area contributed by atoms with E-state index in [1.165, 1.54) is 11.8 Å². The molecule has 122 valence electrons. The van der Waals surface area contributed by atoms with Crippen LogP contribution >= 0.6 is 11.8 Å². The van der Waals surface area contributed by atoms with Gasteiger partial charge in [0.2, 0.25) is 5.91 Å². The smallest absolute Gasteiger partial charge is 0.316 e. The minimum absolute atomic E-state index is 0.198. The molecule has 1 aliphatic carbocycles. The number of amides is 1. The lowest BCUT2D eigenvalue weighted by Gasteiger charge is -2.08. The van der Waals surface area contributed by atoms with Gasteiger partial charge < -0.3 is 15.0 Å². The van der Waals surface area contributed by atoms with Gasteiger partial charge in [-0.1, -0.05) is 25.1 Å². The zero-order valence-electron chi connectivity index (χ0n) is 12.8. The molecule has 1 heterocycles. The molecule has 7 nitrogen and oxygen atoms in total. The molecule has 0 atom stereocenters. The number of carbonyl (C=O) groups excluding carboxylic acids is 2. The van der Waals surface area contributed by atoms with Crippen LogP contribution in [0.4, 0.5) is 0 Å². The number of nitrogens with two attached hydrogens (primary N) is 1. The van der Waals surface area contributed by atoms with Crippen molar-refractivity contribution in [3.8, 4) is 0 Å². The molecule has 1 saturated carbocycles. The van der Waals surface area contributed by atoms with Crippen molar-refractivity contribution in [1.29, 1.82) is 0 Å². The first-order chi connectivity index (χ1) is 10.6. The van der Waals surface area contributed by atoms with Crippen molar-refractivity contribution in [2.75, 3.05) is 12.4 Å². The Bertz CT molecular complexity index is 528. The van der Waals surface area contributed by atoms with Crippen LogP contribution in [-0.4, -0.2) is 39.0 Å². The average molecular weight is 326 g/mol. The predicted octanol–water partition coefficient (Wildman–Crippen LogP) is 1.47. The maximum absolute atomic E-state index is 11.6. The molecule has 2 N–H and O–H groups in total. The molecule has 0 spiro atoms. The number of unbranched alkanes of at least 4 members (excludes halogenated alkanes) is 1. The van der Waals surface area contributed by atoms with E-state index in [4.69, 9.17) is 10.5 Å². The monoisotopic (exact) mass is 326 g/mol. The lowest BCUT2D eigenvalue weighted by Crippen LogP contribution is -2.16. The third-order valence-electron chi connectivity index (χ3n) is 3.35. The summed E-state index contributed by atoms with van der Waals surface area (Å²) in [4.78, 5) is 22.6. The van der Waals surface area contributed by atoms with Crippen molar-refractivity contribution < 1.29 is 14.3 Å². The molecule has 1 aromatic heterocycles. The average Bonchev–Trinajstić information content (AvgIpc) is 3.24. The van der Waals surface area contributed by atoms with Gasteiger partial charge in [-0.05, 0) is 19.3 Å². The summed E-state index contributed by atoms with van der Waals surface area (Å²) >= 11 is 1.29. The third kappa shape index (κ3) is 5.01. The highest BCUT2D eigenvalue weighted by atomic mass is 32.2. The Morgan fingerprint density at radius 1 is 1.41 bits per heavy atom. The van der Waals surface area contributed by atoms with Crippen molar-refractivity contribution in [3.05, 3.63) is 5.82 Å². The van der Waals surface area contributed by atoms with Crippen molar-refractivity contribution in [2.24, 2.45) is 5.73 Å². The van der Waals surface area contributed by atoms with Gasteiger partial charge >= 0.3 is 5.97 Å². The highest BCUT2D eigenvalue weighted by molar-refractivity contribution is 7.99. The van der Waals surface area contributed by atoms with E-state index >= 15 is 0 Å². The van der Waals surface area contributed by atoms with Crippen LogP contribution in [-0.2, 0) is 20.9 Å². The van der Waals surface area contributed by atoms with Crippen molar-refractivity contribution in [1.82, 2.24) is 14.8 Å². The topological polar surface area (TPSA) is 100 Å². The Morgan fingerprint density at radius 2 is 2.18 bits per heavy atom. The zero-order chi connectivity index (χ0) is 15.9. The second-order valence-corrected chi connectivity index (χ2v) is 6.29. The molecule has 0 aromatic carbocycles. The summed E-state index contributed by atoms with van der Waals surface area (Å²) in [5.41, 5.74) is 5.22. The highest BCUT2D eigenvalue weighted by Gasteiger charge is 2.30. The van der Waals surface area contributed by atoms with Gasteiger partial charge in [-0.3, -0.25) is 9.59 Å². The molecule has 1 aliphatic rings. The largest absolute Gasteiger partial charge is 0.465 e. The Balaban J connectivity index is 1.91. The second kappa shape index (κ2) is 8.17. The number of hydrogen-bond donors (Lipinski definition) is 1. The Morgan fingerprint density at radius 3 is 2.82 bits per heavy atom. The SMILES string of the molecule is CCCCOC(=O)CSc1nnc(C2CC2)n1CCC(N)=O. The summed E-state index contributed by atoms with van der Waals surface area (Å²) in [6.07, 6.45) is 4.30. The van der Waals surface area contributed by atoms with Crippen LogP contribution in [0.2, 0.25) is 0 Å². The predicted molar refractivity (Wildman–Crippen MR) is 82.4 cm³/mol. The molecule has 0 unspecified atom stereocenters. The molecule has 8 heteroatoms. The quantitative estimate of drug-likeness (QED) is 0.397. The van der Waals surface area contributed by atoms with Crippen LogP contribution in [0.5, 0.6) is 0 Å². The molecule has 0 saturated heterocycles. The van der Waals surface area contributed by atoms with E-state index in [1.807, 2.05) is 11.5 Å². The minimum atomic E-state index is -0.356. The Hall–Kier alpha value is -1.57. The number of nitrogens with zero attached hydrogens (tertiary/aromatic N) is 3. The van der Waals surface area contributed by atoms with Gasteiger partial charge in [-0.15, -0.1) is 10.2 Å². The molecule has 0 aliphatic heterocycles. The van der Waals surface area contributed by atoms with E-state index in [2.05, 4.69) is 10.2 Å². The molecule has 1 fully saturated rings.